The third kappa shape index (κ3) is 3.03. The van der Waals surface area contributed by atoms with Crippen LogP contribution in [0.2, 0.25) is 5.02 Å². The molecule has 0 aliphatic rings. The van der Waals surface area contributed by atoms with Gasteiger partial charge < -0.3 is 9.84 Å². The SMILES string of the molecule is CC(C)COc1cc(O)c(C#N)cc1Cl. The smallest absolute Gasteiger partial charge is 0.141 e. The molecule has 0 aliphatic carbocycles. The van der Waals surface area contributed by atoms with Gasteiger partial charge in [-0.25, -0.2) is 0 Å². The third-order valence-corrected chi connectivity index (χ3v) is 2.04. The van der Waals surface area contributed by atoms with Gasteiger partial charge in [0.05, 0.1) is 17.2 Å². The first-order valence-electron chi connectivity index (χ1n) is 4.60. The van der Waals surface area contributed by atoms with E-state index >= 15 is 0 Å². The van der Waals surface area contributed by atoms with Gasteiger partial charge in [0, 0.05) is 6.07 Å². The topological polar surface area (TPSA) is 53.2 Å². The van der Waals surface area contributed by atoms with Crippen molar-refractivity contribution in [1.29, 1.82) is 5.26 Å². The molecule has 0 bridgehead atoms. The number of rotatable bonds is 3. The second kappa shape index (κ2) is 4.90. The van der Waals surface area contributed by atoms with Crippen molar-refractivity contribution in [3.63, 3.8) is 0 Å². The fraction of sp³-hybridized carbons (Fsp3) is 0.364. The average molecular weight is 226 g/mol. The van der Waals surface area contributed by atoms with Crippen LogP contribution in [0.25, 0.3) is 0 Å². The fourth-order valence-corrected chi connectivity index (χ4v) is 1.22. The van der Waals surface area contributed by atoms with Crippen molar-refractivity contribution in [2.24, 2.45) is 5.92 Å². The van der Waals surface area contributed by atoms with Gasteiger partial charge in [0.1, 0.15) is 17.6 Å². The molecule has 0 spiro atoms. The van der Waals surface area contributed by atoms with Crippen LogP contribution in [0.15, 0.2) is 12.1 Å². The van der Waals surface area contributed by atoms with E-state index in [2.05, 4.69) is 0 Å². The molecule has 0 aliphatic heterocycles. The lowest BCUT2D eigenvalue weighted by atomic mass is 10.2. The lowest BCUT2D eigenvalue weighted by Gasteiger charge is -2.10. The van der Waals surface area contributed by atoms with Gasteiger partial charge in [-0.05, 0) is 12.0 Å². The summed E-state index contributed by atoms with van der Waals surface area (Å²) in [5.74, 6) is 0.668. The summed E-state index contributed by atoms with van der Waals surface area (Å²) in [5, 5.41) is 18.4. The normalized spacial score (nSPS) is 10.1. The Balaban J connectivity index is 2.91. The highest BCUT2D eigenvalue weighted by molar-refractivity contribution is 6.32. The number of nitrogens with zero attached hydrogens (tertiary/aromatic N) is 1. The molecule has 4 heteroatoms. The molecule has 1 rings (SSSR count). The van der Waals surface area contributed by atoms with Crippen LogP contribution in [-0.2, 0) is 0 Å². The molecule has 0 radical (unpaired) electrons. The molecule has 1 aromatic rings. The minimum absolute atomic E-state index is 0.111. The van der Waals surface area contributed by atoms with Gasteiger partial charge in [0.25, 0.3) is 0 Å². The number of halogens is 1. The molecule has 1 aromatic carbocycles. The fourth-order valence-electron chi connectivity index (χ4n) is 0.999. The number of ether oxygens (including phenoxy) is 1. The molecule has 1 N–H and O–H groups in total. The van der Waals surface area contributed by atoms with Crippen LogP contribution in [0.1, 0.15) is 19.4 Å². The maximum absolute atomic E-state index is 9.42. The second-order valence-electron chi connectivity index (χ2n) is 3.62. The molecule has 0 aromatic heterocycles. The Labute approximate surface area is 93.9 Å². The van der Waals surface area contributed by atoms with Gasteiger partial charge in [-0.1, -0.05) is 25.4 Å². The number of hydrogen-bond acceptors (Lipinski definition) is 3. The Bertz CT molecular complexity index is 396. The Morgan fingerprint density at radius 1 is 1.53 bits per heavy atom. The average Bonchev–Trinajstić information content (AvgIpc) is 2.18. The Hall–Kier alpha value is -1.40. The molecule has 0 atom stereocenters. The number of aromatic hydroxyl groups is 1. The molecule has 0 amide bonds. The van der Waals surface area contributed by atoms with E-state index in [9.17, 15) is 5.11 Å². The van der Waals surface area contributed by atoms with E-state index in [1.54, 1.807) is 0 Å². The molecule has 3 nitrogen and oxygen atoms in total. The Kier molecular flexibility index (Phi) is 3.81. The number of phenolic OH excluding ortho intramolecular Hbond substituents is 1. The summed E-state index contributed by atoms with van der Waals surface area (Å²) >= 11 is 5.88. The Morgan fingerprint density at radius 3 is 2.73 bits per heavy atom. The molecular weight excluding hydrogens is 214 g/mol. The number of hydrogen-bond donors (Lipinski definition) is 1. The maximum atomic E-state index is 9.42. The summed E-state index contributed by atoms with van der Waals surface area (Å²) < 4.78 is 5.38. The minimum atomic E-state index is -0.111. The second-order valence-corrected chi connectivity index (χ2v) is 4.02. The van der Waals surface area contributed by atoms with E-state index in [0.29, 0.717) is 23.3 Å². The van der Waals surface area contributed by atoms with Crippen LogP contribution in [-0.4, -0.2) is 11.7 Å². The zero-order chi connectivity index (χ0) is 11.4. The zero-order valence-corrected chi connectivity index (χ0v) is 9.38. The first-order valence-corrected chi connectivity index (χ1v) is 4.97. The highest BCUT2D eigenvalue weighted by Gasteiger charge is 2.09. The van der Waals surface area contributed by atoms with Crippen LogP contribution in [0.4, 0.5) is 0 Å². The summed E-state index contributed by atoms with van der Waals surface area (Å²) in [4.78, 5) is 0. The predicted octanol–water partition coefficient (Wildman–Crippen LogP) is 2.95. The van der Waals surface area contributed by atoms with Gasteiger partial charge in [-0.15, -0.1) is 0 Å². The lowest BCUT2D eigenvalue weighted by molar-refractivity contribution is 0.270. The van der Waals surface area contributed by atoms with Crippen LogP contribution in [0.5, 0.6) is 11.5 Å². The first-order chi connectivity index (χ1) is 7.04. The zero-order valence-electron chi connectivity index (χ0n) is 8.62. The van der Waals surface area contributed by atoms with Crippen molar-refractivity contribution in [3.8, 4) is 17.6 Å². The number of phenols is 1. The van der Waals surface area contributed by atoms with Crippen molar-refractivity contribution in [3.05, 3.63) is 22.7 Å². The molecule has 15 heavy (non-hydrogen) atoms. The van der Waals surface area contributed by atoms with Crippen LogP contribution in [0.3, 0.4) is 0 Å². The standard InChI is InChI=1S/C11H12ClNO2/c1-7(2)6-15-11-4-10(14)8(5-13)3-9(11)12/h3-4,7,14H,6H2,1-2H3. The van der Waals surface area contributed by atoms with Gasteiger partial charge in [-0.3, -0.25) is 0 Å². The van der Waals surface area contributed by atoms with Crippen LogP contribution < -0.4 is 4.74 Å². The van der Waals surface area contributed by atoms with Crippen LogP contribution in [0, 0.1) is 17.2 Å². The quantitative estimate of drug-likeness (QED) is 0.861. The summed E-state index contributed by atoms with van der Waals surface area (Å²) in [7, 11) is 0. The summed E-state index contributed by atoms with van der Waals surface area (Å²) in [6, 6.07) is 4.60. The van der Waals surface area contributed by atoms with Gasteiger partial charge in [-0.2, -0.15) is 5.26 Å². The van der Waals surface area contributed by atoms with Crippen molar-refractivity contribution in [1.82, 2.24) is 0 Å². The highest BCUT2D eigenvalue weighted by atomic mass is 35.5. The van der Waals surface area contributed by atoms with E-state index in [0.717, 1.165) is 0 Å². The molecular formula is C11H12ClNO2. The summed E-state index contributed by atoms with van der Waals surface area (Å²) in [6.45, 7) is 4.54. The molecule has 80 valence electrons. The minimum Gasteiger partial charge on any atom is -0.506 e. The molecule has 0 saturated carbocycles. The van der Waals surface area contributed by atoms with Crippen molar-refractivity contribution < 1.29 is 9.84 Å². The van der Waals surface area contributed by atoms with E-state index in [1.807, 2.05) is 19.9 Å². The van der Waals surface area contributed by atoms with Crippen molar-refractivity contribution in [2.75, 3.05) is 6.61 Å². The van der Waals surface area contributed by atoms with Gasteiger partial charge in [0.2, 0.25) is 0 Å². The highest BCUT2D eigenvalue weighted by Crippen LogP contribution is 2.31. The van der Waals surface area contributed by atoms with Crippen LogP contribution >= 0.6 is 11.6 Å². The molecule has 0 fully saturated rings. The third-order valence-electron chi connectivity index (χ3n) is 1.74. The monoisotopic (exact) mass is 225 g/mol. The molecule has 0 heterocycles. The summed E-state index contributed by atoms with van der Waals surface area (Å²) in [6.07, 6.45) is 0. The van der Waals surface area contributed by atoms with E-state index in [-0.39, 0.29) is 11.3 Å². The molecule has 0 saturated heterocycles. The number of nitriles is 1. The van der Waals surface area contributed by atoms with Gasteiger partial charge >= 0.3 is 0 Å². The van der Waals surface area contributed by atoms with Gasteiger partial charge in [0.15, 0.2) is 0 Å². The maximum Gasteiger partial charge on any atom is 0.141 e. The van der Waals surface area contributed by atoms with Crippen molar-refractivity contribution in [2.45, 2.75) is 13.8 Å². The van der Waals surface area contributed by atoms with Crippen molar-refractivity contribution >= 4 is 11.6 Å². The predicted molar refractivity (Wildman–Crippen MR) is 58.2 cm³/mol. The molecule has 0 unspecified atom stereocenters. The van der Waals surface area contributed by atoms with E-state index in [1.165, 1.54) is 12.1 Å². The lowest BCUT2D eigenvalue weighted by Crippen LogP contribution is -2.04. The first kappa shape index (κ1) is 11.7. The van der Waals surface area contributed by atoms with E-state index in [4.69, 9.17) is 21.6 Å². The van der Waals surface area contributed by atoms with E-state index < -0.39 is 0 Å². The Morgan fingerprint density at radius 2 is 2.20 bits per heavy atom. The largest absolute Gasteiger partial charge is 0.506 e. The summed E-state index contributed by atoms with van der Waals surface area (Å²) in [5.41, 5.74) is 0.150. The number of benzene rings is 1.